The highest BCUT2D eigenvalue weighted by Crippen LogP contribution is 2.07. The van der Waals surface area contributed by atoms with Gasteiger partial charge >= 0.3 is 5.97 Å². The maximum absolute atomic E-state index is 11.5. The van der Waals surface area contributed by atoms with Gasteiger partial charge in [0.1, 0.15) is 11.8 Å². The van der Waals surface area contributed by atoms with Gasteiger partial charge < -0.3 is 14.8 Å². The van der Waals surface area contributed by atoms with Crippen molar-refractivity contribution in [3.05, 3.63) is 17.8 Å². The number of carboxylic acids is 1. The first-order chi connectivity index (χ1) is 7.06. The molecule has 2 N–H and O–H groups in total. The average molecular weight is 212 g/mol. The van der Waals surface area contributed by atoms with E-state index in [1.54, 1.807) is 0 Å². The predicted octanol–water partition coefficient (Wildman–Crippen LogP) is 0.440. The van der Waals surface area contributed by atoms with Crippen molar-refractivity contribution in [1.29, 1.82) is 0 Å². The summed E-state index contributed by atoms with van der Waals surface area (Å²) in [6, 6.07) is -0.945. The normalized spacial score (nSPS) is 12.1. The van der Waals surface area contributed by atoms with Crippen molar-refractivity contribution in [3.8, 4) is 0 Å². The number of hydrogen-bond acceptors (Lipinski definition) is 4. The third-order valence-corrected chi connectivity index (χ3v) is 1.90. The number of oxazole rings is 1. The van der Waals surface area contributed by atoms with E-state index in [4.69, 9.17) is 9.52 Å². The first-order valence-corrected chi connectivity index (χ1v) is 4.52. The molecular formula is C9H12N2O4. The van der Waals surface area contributed by atoms with Crippen molar-refractivity contribution in [3.63, 3.8) is 0 Å². The number of nitrogens with zero attached hydrogens (tertiary/aromatic N) is 1. The molecule has 1 aromatic heterocycles. The number of aryl methyl sites for hydroxylation is 1. The van der Waals surface area contributed by atoms with Gasteiger partial charge in [0.15, 0.2) is 12.1 Å². The van der Waals surface area contributed by atoms with E-state index in [1.807, 2.05) is 6.92 Å². The maximum atomic E-state index is 11.5. The highest BCUT2D eigenvalue weighted by atomic mass is 16.4. The molecule has 1 atom stereocenters. The standard InChI is InChI=1S/C9H12N2O4/c1-3-6-7(10-4-15-6)8(12)11-5(2)9(13)14/h4-5H,3H2,1-2H3,(H,11,12)(H,13,14)/t5-/m1/s1. The molecule has 0 fully saturated rings. The molecule has 0 aliphatic heterocycles. The number of carboxylic acid groups (broad SMARTS) is 1. The molecule has 1 aromatic rings. The topological polar surface area (TPSA) is 92.4 Å². The number of carbonyl (C=O) groups is 2. The molecule has 6 nitrogen and oxygen atoms in total. The molecule has 6 heteroatoms. The van der Waals surface area contributed by atoms with Crippen molar-refractivity contribution in [2.24, 2.45) is 0 Å². The van der Waals surface area contributed by atoms with Gasteiger partial charge in [0.05, 0.1) is 0 Å². The number of nitrogens with one attached hydrogen (secondary N) is 1. The molecule has 1 amide bonds. The number of amides is 1. The summed E-state index contributed by atoms with van der Waals surface area (Å²) in [6.07, 6.45) is 1.70. The van der Waals surface area contributed by atoms with E-state index in [9.17, 15) is 9.59 Å². The summed E-state index contributed by atoms with van der Waals surface area (Å²) < 4.78 is 4.96. The van der Waals surface area contributed by atoms with Gasteiger partial charge in [0, 0.05) is 6.42 Å². The Balaban J connectivity index is 2.73. The molecule has 0 aliphatic rings. The molecule has 0 unspecified atom stereocenters. The summed E-state index contributed by atoms with van der Waals surface area (Å²) in [5.41, 5.74) is 0.144. The van der Waals surface area contributed by atoms with Crippen LogP contribution in [0, 0.1) is 0 Å². The first kappa shape index (κ1) is 11.2. The lowest BCUT2D eigenvalue weighted by molar-refractivity contribution is -0.138. The quantitative estimate of drug-likeness (QED) is 0.755. The fourth-order valence-electron chi connectivity index (χ4n) is 1.03. The van der Waals surface area contributed by atoms with Gasteiger partial charge in [-0.3, -0.25) is 9.59 Å². The first-order valence-electron chi connectivity index (χ1n) is 4.52. The van der Waals surface area contributed by atoms with E-state index >= 15 is 0 Å². The molecule has 1 heterocycles. The summed E-state index contributed by atoms with van der Waals surface area (Å²) in [7, 11) is 0. The van der Waals surface area contributed by atoms with Crippen LogP contribution in [0.1, 0.15) is 30.1 Å². The van der Waals surface area contributed by atoms with E-state index < -0.39 is 17.9 Å². The average Bonchev–Trinajstić information content (AvgIpc) is 2.64. The largest absolute Gasteiger partial charge is 0.480 e. The molecule has 0 radical (unpaired) electrons. The van der Waals surface area contributed by atoms with Crippen molar-refractivity contribution in [2.45, 2.75) is 26.3 Å². The van der Waals surface area contributed by atoms with Gasteiger partial charge in [-0.25, -0.2) is 4.98 Å². The lowest BCUT2D eigenvalue weighted by Crippen LogP contribution is -2.38. The third kappa shape index (κ3) is 2.55. The van der Waals surface area contributed by atoms with E-state index in [-0.39, 0.29) is 5.69 Å². The Labute approximate surface area is 86.3 Å². The number of aromatic nitrogens is 1. The fraction of sp³-hybridized carbons (Fsp3) is 0.444. The molecule has 0 aromatic carbocycles. The minimum Gasteiger partial charge on any atom is -0.480 e. The van der Waals surface area contributed by atoms with Gasteiger partial charge in [-0.15, -0.1) is 0 Å². The van der Waals surface area contributed by atoms with Crippen LogP contribution in [0.3, 0.4) is 0 Å². The lowest BCUT2D eigenvalue weighted by Gasteiger charge is -2.07. The zero-order valence-corrected chi connectivity index (χ0v) is 8.48. The molecule has 0 aliphatic carbocycles. The summed E-state index contributed by atoms with van der Waals surface area (Å²) in [4.78, 5) is 25.7. The molecule has 15 heavy (non-hydrogen) atoms. The number of aliphatic carboxylic acids is 1. The van der Waals surface area contributed by atoms with Crippen molar-refractivity contribution >= 4 is 11.9 Å². The zero-order valence-electron chi connectivity index (χ0n) is 8.48. The van der Waals surface area contributed by atoms with Crippen molar-refractivity contribution < 1.29 is 19.1 Å². The molecule has 0 spiro atoms. The zero-order chi connectivity index (χ0) is 11.4. The van der Waals surface area contributed by atoms with Crippen molar-refractivity contribution in [1.82, 2.24) is 10.3 Å². The van der Waals surface area contributed by atoms with Crippen LogP contribution in [-0.2, 0) is 11.2 Å². The maximum Gasteiger partial charge on any atom is 0.325 e. The monoisotopic (exact) mass is 212 g/mol. The molecule has 82 valence electrons. The van der Waals surface area contributed by atoms with Crippen LogP contribution in [0.4, 0.5) is 0 Å². The highest BCUT2D eigenvalue weighted by Gasteiger charge is 2.19. The SMILES string of the molecule is CCc1ocnc1C(=O)N[C@H](C)C(=O)O. The fourth-order valence-corrected chi connectivity index (χ4v) is 1.03. The summed E-state index contributed by atoms with van der Waals surface area (Å²) in [6.45, 7) is 3.20. The van der Waals surface area contributed by atoms with Gasteiger partial charge in [-0.1, -0.05) is 6.92 Å². The third-order valence-electron chi connectivity index (χ3n) is 1.90. The lowest BCUT2D eigenvalue weighted by atomic mass is 10.2. The van der Waals surface area contributed by atoms with E-state index in [0.29, 0.717) is 12.2 Å². The van der Waals surface area contributed by atoms with E-state index in [1.165, 1.54) is 13.3 Å². The van der Waals surface area contributed by atoms with Gasteiger partial charge in [-0.2, -0.15) is 0 Å². The minimum absolute atomic E-state index is 0.144. The minimum atomic E-state index is -1.09. The Morgan fingerprint density at radius 1 is 1.67 bits per heavy atom. The smallest absolute Gasteiger partial charge is 0.325 e. The highest BCUT2D eigenvalue weighted by molar-refractivity contribution is 5.95. The molecule has 0 saturated heterocycles. The number of carbonyl (C=O) groups excluding carboxylic acids is 1. The van der Waals surface area contributed by atoms with E-state index in [2.05, 4.69) is 10.3 Å². The second-order valence-electron chi connectivity index (χ2n) is 3.01. The molecular weight excluding hydrogens is 200 g/mol. The molecule has 0 bridgehead atoms. The Morgan fingerprint density at radius 3 is 2.87 bits per heavy atom. The van der Waals surface area contributed by atoms with Crippen LogP contribution < -0.4 is 5.32 Å². The summed E-state index contributed by atoms with van der Waals surface area (Å²) >= 11 is 0. The van der Waals surface area contributed by atoms with Gasteiger partial charge in [-0.05, 0) is 6.92 Å². The summed E-state index contributed by atoms with van der Waals surface area (Å²) in [5, 5.41) is 10.9. The Hall–Kier alpha value is -1.85. The molecule has 0 saturated carbocycles. The number of hydrogen-bond donors (Lipinski definition) is 2. The Morgan fingerprint density at radius 2 is 2.33 bits per heavy atom. The van der Waals surface area contributed by atoms with Gasteiger partial charge in [0.25, 0.3) is 5.91 Å². The predicted molar refractivity (Wildman–Crippen MR) is 50.4 cm³/mol. The molecule has 1 rings (SSSR count). The van der Waals surface area contributed by atoms with Crippen LogP contribution in [0.5, 0.6) is 0 Å². The van der Waals surface area contributed by atoms with Crippen LogP contribution in [-0.4, -0.2) is 28.0 Å². The number of rotatable bonds is 4. The summed E-state index contributed by atoms with van der Waals surface area (Å²) in [5.74, 6) is -1.18. The van der Waals surface area contributed by atoms with Crippen LogP contribution in [0.15, 0.2) is 10.8 Å². The Kier molecular flexibility index (Phi) is 3.43. The van der Waals surface area contributed by atoms with Crippen LogP contribution >= 0.6 is 0 Å². The van der Waals surface area contributed by atoms with Crippen LogP contribution in [0.25, 0.3) is 0 Å². The second kappa shape index (κ2) is 4.59. The van der Waals surface area contributed by atoms with Crippen molar-refractivity contribution in [2.75, 3.05) is 0 Å². The van der Waals surface area contributed by atoms with Gasteiger partial charge in [0.2, 0.25) is 0 Å². The van der Waals surface area contributed by atoms with E-state index in [0.717, 1.165) is 0 Å². The second-order valence-corrected chi connectivity index (χ2v) is 3.01. The Bertz CT molecular complexity index is 372. The van der Waals surface area contributed by atoms with Crippen LogP contribution in [0.2, 0.25) is 0 Å².